The minimum absolute atomic E-state index is 0.310. The van der Waals surface area contributed by atoms with E-state index in [1.54, 1.807) is 0 Å². The van der Waals surface area contributed by atoms with Gasteiger partial charge in [0.2, 0.25) is 0 Å². The minimum Gasteiger partial charge on any atom is -0.294 e. The van der Waals surface area contributed by atoms with E-state index in [1.165, 1.54) is 12.0 Å². The number of ketones is 1. The van der Waals surface area contributed by atoms with Crippen LogP contribution in [0.3, 0.4) is 0 Å². The number of hydrogen-bond donors (Lipinski definition) is 0. The molecule has 0 N–H and O–H groups in total. The topological polar surface area (TPSA) is 17.1 Å². The van der Waals surface area contributed by atoms with Crippen molar-refractivity contribution >= 4 is 21.7 Å². The molecule has 0 atom stereocenters. The van der Waals surface area contributed by atoms with Gasteiger partial charge in [-0.25, -0.2) is 0 Å². The number of alkyl halides is 1. The first-order valence-electron chi connectivity index (χ1n) is 5.00. The van der Waals surface area contributed by atoms with E-state index in [1.807, 2.05) is 24.3 Å². The second kappa shape index (κ2) is 4.26. The van der Waals surface area contributed by atoms with Gasteiger partial charge in [0.05, 0.1) is 0 Å². The number of Topliss-reactive ketones (excluding diaryl/α,β-unsaturated/α-hetero) is 1. The zero-order valence-electron chi connectivity index (χ0n) is 8.00. The Kier molecular flexibility index (Phi) is 3.02. The van der Waals surface area contributed by atoms with Crippen molar-refractivity contribution in [2.75, 3.05) is 0 Å². The molecule has 1 nitrogen and oxygen atoms in total. The molecule has 1 saturated carbocycles. The molecule has 1 aliphatic rings. The first-order valence-corrected chi connectivity index (χ1v) is 6.12. The van der Waals surface area contributed by atoms with E-state index < -0.39 is 0 Å². The molecule has 2 rings (SSSR count). The zero-order chi connectivity index (χ0) is 9.97. The van der Waals surface area contributed by atoms with Crippen molar-refractivity contribution < 1.29 is 4.79 Å². The SMILES string of the molecule is O=C(c1ccc(CBr)cc1)C1CCC1. The van der Waals surface area contributed by atoms with E-state index in [0.717, 1.165) is 23.7 Å². The molecular weight excluding hydrogens is 240 g/mol. The van der Waals surface area contributed by atoms with Gasteiger partial charge in [-0.3, -0.25) is 4.79 Å². The molecule has 1 aromatic rings. The van der Waals surface area contributed by atoms with Gasteiger partial charge in [0, 0.05) is 16.8 Å². The highest BCUT2D eigenvalue weighted by Crippen LogP contribution is 2.29. The number of benzene rings is 1. The molecule has 14 heavy (non-hydrogen) atoms. The van der Waals surface area contributed by atoms with Gasteiger partial charge in [0.15, 0.2) is 5.78 Å². The summed E-state index contributed by atoms with van der Waals surface area (Å²) in [5.74, 6) is 0.641. The lowest BCUT2D eigenvalue weighted by Crippen LogP contribution is -2.21. The number of hydrogen-bond acceptors (Lipinski definition) is 1. The van der Waals surface area contributed by atoms with Gasteiger partial charge in [-0.15, -0.1) is 0 Å². The molecule has 0 unspecified atom stereocenters. The summed E-state index contributed by atoms with van der Waals surface area (Å²) in [6.45, 7) is 0. The Labute approximate surface area is 92.6 Å². The van der Waals surface area contributed by atoms with Crippen LogP contribution in [0, 0.1) is 5.92 Å². The molecule has 0 amide bonds. The van der Waals surface area contributed by atoms with Crippen LogP contribution < -0.4 is 0 Å². The molecule has 0 heterocycles. The van der Waals surface area contributed by atoms with Gasteiger partial charge in [-0.2, -0.15) is 0 Å². The monoisotopic (exact) mass is 252 g/mol. The minimum atomic E-state index is 0.310. The fourth-order valence-electron chi connectivity index (χ4n) is 1.66. The quantitative estimate of drug-likeness (QED) is 0.594. The molecule has 74 valence electrons. The molecule has 0 aliphatic heterocycles. The fourth-order valence-corrected chi connectivity index (χ4v) is 2.04. The summed E-state index contributed by atoms with van der Waals surface area (Å²) in [5.41, 5.74) is 2.09. The normalized spacial score (nSPS) is 16.4. The Morgan fingerprint density at radius 1 is 1.29 bits per heavy atom. The van der Waals surface area contributed by atoms with Crippen LogP contribution in [-0.4, -0.2) is 5.78 Å². The van der Waals surface area contributed by atoms with Crippen molar-refractivity contribution in [1.29, 1.82) is 0 Å². The molecular formula is C12H13BrO. The van der Waals surface area contributed by atoms with Gasteiger partial charge in [-0.05, 0) is 18.4 Å². The Balaban J connectivity index is 2.11. The zero-order valence-corrected chi connectivity index (χ0v) is 9.59. The van der Waals surface area contributed by atoms with Crippen LogP contribution in [0.2, 0.25) is 0 Å². The van der Waals surface area contributed by atoms with Crippen molar-refractivity contribution in [2.24, 2.45) is 5.92 Å². The summed E-state index contributed by atoms with van der Waals surface area (Å²) in [6, 6.07) is 7.91. The Hall–Kier alpha value is -0.630. The summed E-state index contributed by atoms with van der Waals surface area (Å²) in [6.07, 6.45) is 3.38. The van der Waals surface area contributed by atoms with Gasteiger partial charge in [0.25, 0.3) is 0 Å². The molecule has 2 heteroatoms. The second-order valence-corrected chi connectivity index (χ2v) is 4.38. The van der Waals surface area contributed by atoms with Crippen molar-refractivity contribution in [3.8, 4) is 0 Å². The average Bonchev–Trinajstić information content (AvgIpc) is 2.15. The van der Waals surface area contributed by atoms with Gasteiger partial charge < -0.3 is 0 Å². The Bertz CT molecular complexity index is 325. The molecule has 1 aromatic carbocycles. The van der Waals surface area contributed by atoms with Crippen LogP contribution in [0.15, 0.2) is 24.3 Å². The third-order valence-corrected chi connectivity index (χ3v) is 3.52. The van der Waals surface area contributed by atoms with Crippen LogP contribution in [0.4, 0.5) is 0 Å². The molecule has 0 spiro atoms. The lowest BCUT2D eigenvalue weighted by atomic mass is 9.80. The van der Waals surface area contributed by atoms with Crippen LogP contribution in [0.25, 0.3) is 0 Å². The van der Waals surface area contributed by atoms with Crippen molar-refractivity contribution in [3.63, 3.8) is 0 Å². The largest absolute Gasteiger partial charge is 0.294 e. The summed E-state index contributed by atoms with van der Waals surface area (Å²) < 4.78 is 0. The predicted octanol–water partition coefficient (Wildman–Crippen LogP) is 3.56. The summed E-state index contributed by atoms with van der Waals surface area (Å²) in [4.78, 5) is 11.8. The van der Waals surface area contributed by atoms with E-state index in [-0.39, 0.29) is 0 Å². The maximum absolute atomic E-state index is 11.8. The van der Waals surface area contributed by atoms with Crippen molar-refractivity contribution in [1.82, 2.24) is 0 Å². The number of carbonyl (C=O) groups is 1. The third kappa shape index (κ3) is 1.90. The Morgan fingerprint density at radius 3 is 2.36 bits per heavy atom. The van der Waals surface area contributed by atoms with Gasteiger partial charge in [0.1, 0.15) is 0 Å². The first kappa shape index (κ1) is 9.91. The van der Waals surface area contributed by atoms with Crippen molar-refractivity contribution in [3.05, 3.63) is 35.4 Å². The summed E-state index contributed by atoms with van der Waals surface area (Å²) in [5, 5.41) is 0.852. The Morgan fingerprint density at radius 2 is 1.93 bits per heavy atom. The average molecular weight is 253 g/mol. The van der Waals surface area contributed by atoms with Crippen LogP contribution >= 0.6 is 15.9 Å². The standard InChI is InChI=1S/C12H13BrO/c13-8-9-4-6-11(7-5-9)12(14)10-2-1-3-10/h4-7,10H,1-3,8H2. The molecule has 0 saturated heterocycles. The molecule has 0 bridgehead atoms. The molecule has 1 fully saturated rings. The highest BCUT2D eigenvalue weighted by atomic mass is 79.9. The van der Waals surface area contributed by atoms with E-state index in [0.29, 0.717) is 11.7 Å². The molecule has 0 radical (unpaired) electrons. The van der Waals surface area contributed by atoms with Crippen LogP contribution in [0.1, 0.15) is 35.2 Å². The lowest BCUT2D eigenvalue weighted by Gasteiger charge is -2.23. The number of rotatable bonds is 3. The highest BCUT2D eigenvalue weighted by Gasteiger charge is 2.25. The van der Waals surface area contributed by atoms with Gasteiger partial charge in [-0.1, -0.05) is 46.6 Å². The predicted molar refractivity (Wildman–Crippen MR) is 60.7 cm³/mol. The van der Waals surface area contributed by atoms with E-state index >= 15 is 0 Å². The fraction of sp³-hybridized carbons (Fsp3) is 0.417. The van der Waals surface area contributed by atoms with Gasteiger partial charge >= 0.3 is 0 Å². The second-order valence-electron chi connectivity index (χ2n) is 3.82. The number of halogens is 1. The van der Waals surface area contributed by atoms with E-state index in [2.05, 4.69) is 15.9 Å². The lowest BCUT2D eigenvalue weighted by molar-refractivity contribution is 0.0855. The van der Waals surface area contributed by atoms with Crippen LogP contribution in [-0.2, 0) is 5.33 Å². The maximum Gasteiger partial charge on any atom is 0.165 e. The van der Waals surface area contributed by atoms with E-state index in [9.17, 15) is 4.79 Å². The summed E-state index contributed by atoms with van der Waals surface area (Å²) in [7, 11) is 0. The summed E-state index contributed by atoms with van der Waals surface area (Å²) >= 11 is 3.39. The maximum atomic E-state index is 11.8. The number of carbonyl (C=O) groups excluding carboxylic acids is 1. The van der Waals surface area contributed by atoms with Crippen molar-refractivity contribution in [2.45, 2.75) is 24.6 Å². The smallest absolute Gasteiger partial charge is 0.165 e. The molecule has 1 aliphatic carbocycles. The molecule has 0 aromatic heterocycles. The third-order valence-electron chi connectivity index (χ3n) is 2.87. The first-order chi connectivity index (χ1) is 6.81. The van der Waals surface area contributed by atoms with Crippen LogP contribution in [0.5, 0.6) is 0 Å². The van der Waals surface area contributed by atoms with E-state index in [4.69, 9.17) is 0 Å². The highest BCUT2D eigenvalue weighted by molar-refractivity contribution is 9.08.